The first-order valence-electron chi connectivity index (χ1n) is 9.88. The lowest BCUT2D eigenvalue weighted by Crippen LogP contribution is -2.31. The Hall–Kier alpha value is -3.54. The summed E-state index contributed by atoms with van der Waals surface area (Å²) in [6, 6.07) is 10.9. The minimum absolute atomic E-state index is 0.0640. The predicted molar refractivity (Wildman–Crippen MR) is 119 cm³/mol. The van der Waals surface area contributed by atoms with E-state index in [2.05, 4.69) is 0 Å². The Labute approximate surface area is 181 Å². The van der Waals surface area contributed by atoms with Crippen LogP contribution in [-0.2, 0) is 4.79 Å². The highest BCUT2D eigenvalue weighted by molar-refractivity contribution is 6.07. The highest BCUT2D eigenvalue weighted by Crippen LogP contribution is 2.28. The molecule has 0 aliphatic carbocycles. The molecule has 6 nitrogen and oxygen atoms in total. The van der Waals surface area contributed by atoms with Gasteiger partial charge in [0.15, 0.2) is 5.76 Å². The summed E-state index contributed by atoms with van der Waals surface area (Å²) < 4.78 is 16.6. The molecule has 0 aliphatic rings. The van der Waals surface area contributed by atoms with Crippen LogP contribution in [-0.4, -0.2) is 30.6 Å². The first-order valence-corrected chi connectivity index (χ1v) is 9.88. The lowest BCUT2D eigenvalue weighted by molar-refractivity contribution is -0.148. The maximum absolute atomic E-state index is 12.6. The second kappa shape index (κ2) is 8.68. The van der Waals surface area contributed by atoms with Gasteiger partial charge in [0.05, 0.1) is 12.5 Å². The van der Waals surface area contributed by atoms with Crippen LogP contribution in [0.15, 0.2) is 46.9 Å². The Morgan fingerprint density at radius 1 is 1.10 bits per heavy atom. The summed E-state index contributed by atoms with van der Waals surface area (Å²) in [4.78, 5) is 23.8. The molecule has 3 rings (SSSR count). The number of aryl methyl sites for hydroxylation is 2. The van der Waals surface area contributed by atoms with E-state index in [0.29, 0.717) is 17.1 Å². The summed E-state index contributed by atoms with van der Waals surface area (Å²) in [5, 5.41) is 10.1. The summed E-state index contributed by atoms with van der Waals surface area (Å²) in [6.07, 6.45) is 3.19. The second-order valence-electron chi connectivity index (χ2n) is 8.17. The molecule has 0 radical (unpaired) electrons. The van der Waals surface area contributed by atoms with Crippen LogP contribution in [0.3, 0.4) is 0 Å². The van der Waals surface area contributed by atoms with Crippen molar-refractivity contribution in [3.63, 3.8) is 0 Å². The Balaban J connectivity index is 1.76. The summed E-state index contributed by atoms with van der Waals surface area (Å²) >= 11 is 0. The van der Waals surface area contributed by atoms with Crippen molar-refractivity contribution in [1.82, 2.24) is 0 Å². The third-order valence-electron chi connectivity index (χ3n) is 5.04. The van der Waals surface area contributed by atoms with E-state index in [9.17, 15) is 14.7 Å². The van der Waals surface area contributed by atoms with Crippen molar-refractivity contribution in [3.05, 3.63) is 64.9 Å². The molecular weight excluding hydrogens is 396 g/mol. The average Bonchev–Trinajstić information content (AvgIpc) is 3.14. The Bertz CT molecular complexity index is 1140. The quantitative estimate of drug-likeness (QED) is 0.384. The fourth-order valence-electron chi connectivity index (χ4n) is 3.14. The van der Waals surface area contributed by atoms with E-state index in [1.54, 1.807) is 39.2 Å². The van der Waals surface area contributed by atoms with Crippen LogP contribution in [0.4, 0.5) is 0 Å². The fourth-order valence-corrected chi connectivity index (χ4v) is 3.14. The number of carbonyl (C=O) groups excluding carboxylic acids is 1. The number of methoxy groups -OCH3 is 1. The lowest BCUT2D eigenvalue weighted by Gasteiger charge is -2.21. The number of carboxylic acids is 1. The number of fused-ring (bicyclic) bond motifs is 1. The number of hydrogen-bond acceptors (Lipinski definition) is 5. The predicted octanol–water partition coefficient (Wildman–Crippen LogP) is 5.44. The molecule has 2 aromatic carbocycles. The van der Waals surface area contributed by atoms with Crippen LogP contribution in [0.25, 0.3) is 17.0 Å². The average molecular weight is 422 g/mol. The molecule has 1 N–H and O–H groups in total. The van der Waals surface area contributed by atoms with Crippen LogP contribution < -0.4 is 9.47 Å². The number of aliphatic carboxylic acids is 1. The zero-order valence-corrected chi connectivity index (χ0v) is 18.3. The van der Waals surface area contributed by atoms with E-state index >= 15 is 0 Å². The number of rotatable bonds is 8. The van der Waals surface area contributed by atoms with E-state index in [0.717, 1.165) is 22.1 Å². The molecule has 3 aromatic rings. The molecule has 1 heterocycles. The monoisotopic (exact) mass is 422 g/mol. The van der Waals surface area contributed by atoms with Gasteiger partial charge in [0.1, 0.15) is 23.7 Å². The molecule has 31 heavy (non-hydrogen) atoms. The molecular formula is C25H26O6. The van der Waals surface area contributed by atoms with Crippen molar-refractivity contribution in [2.75, 3.05) is 13.7 Å². The van der Waals surface area contributed by atoms with Gasteiger partial charge in [-0.1, -0.05) is 6.08 Å². The normalized spacial score (nSPS) is 11.8. The topological polar surface area (TPSA) is 86.0 Å². The maximum atomic E-state index is 12.6. The fraction of sp³-hybridized carbons (Fsp3) is 0.280. The first kappa shape index (κ1) is 22.2. The minimum atomic E-state index is -0.986. The van der Waals surface area contributed by atoms with Crippen LogP contribution in [0.2, 0.25) is 0 Å². The van der Waals surface area contributed by atoms with E-state index in [4.69, 9.17) is 13.9 Å². The second-order valence-corrected chi connectivity index (χ2v) is 8.17. The van der Waals surface area contributed by atoms with Crippen LogP contribution in [0, 0.1) is 19.3 Å². The van der Waals surface area contributed by atoms with Crippen LogP contribution >= 0.6 is 0 Å². The lowest BCUT2D eigenvalue weighted by atomic mass is 9.95. The molecule has 0 fully saturated rings. The van der Waals surface area contributed by atoms with Gasteiger partial charge < -0.3 is 19.0 Å². The first-order chi connectivity index (χ1) is 14.6. The number of hydrogen-bond donors (Lipinski definition) is 1. The standard InChI is InChI=1S/C25H26O6/c1-15-10-17(11-16(2)23(15)30-14-25(3,4)24(27)28)6-9-20(26)22-12-18-7-8-19(29-5)13-21(18)31-22/h6-13H,14H2,1-5H3,(H,27,28)/b9-6+. The summed E-state index contributed by atoms with van der Waals surface area (Å²) in [5.41, 5.74) is 2.17. The van der Waals surface area contributed by atoms with Crippen molar-refractivity contribution in [2.24, 2.45) is 5.41 Å². The van der Waals surface area contributed by atoms with Crippen LogP contribution in [0.1, 0.15) is 41.1 Å². The van der Waals surface area contributed by atoms with Gasteiger partial charge in [-0.25, -0.2) is 0 Å². The van der Waals surface area contributed by atoms with Crippen molar-refractivity contribution in [1.29, 1.82) is 0 Å². The maximum Gasteiger partial charge on any atom is 0.312 e. The van der Waals surface area contributed by atoms with Gasteiger partial charge in [0, 0.05) is 11.5 Å². The summed E-state index contributed by atoms with van der Waals surface area (Å²) in [7, 11) is 1.58. The van der Waals surface area contributed by atoms with Gasteiger partial charge in [-0.2, -0.15) is 0 Å². The van der Waals surface area contributed by atoms with E-state index < -0.39 is 11.4 Å². The SMILES string of the molecule is COc1ccc2cc(C(=O)/C=C/c3cc(C)c(OCC(C)(C)C(=O)O)c(C)c3)oc2c1. The van der Waals surface area contributed by atoms with Gasteiger partial charge in [-0.3, -0.25) is 9.59 Å². The molecule has 0 saturated carbocycles. The van der Waals surface area contributed by atoms with Gasteiger partial charge in [-0.15, -0.1) is 0 Å². The Morgan fingerprint density at radius 2 is 1.77 bits per heavy atom. The number of ether oxygens (including phenoxy) is 2. The third-order valence-corrected chi connectivity index (χ3v) is 5.04. The number of allylic oxidation sites excluding steroid dienone is 1. The summed E-state index contributed by atoms with van der Waals surface area (Å²) in [6.45, 7) is 7.09. The molecule has 6 heteroatoms. The zero-order valence-electron chi connectivity index (χ0n) is 18.3. The molecule has 0 aliphatic heterocycles. The van der Waals surface area contributed by atoms with E-state index in [1.165, 1.54) is 6.08 Å². The van der Waals surface area contributed by atoms with Crippen molar-refractivity contribution >= 4 is 28.8 Å². The molecule has 162 valence electrons. The highest BCUT2D eigenvalue weighted by atomic mass is 16.5. The number of carboxylic acid groups (broad SMARTS) is 1. The minimum Gasteiger partial charge on any atom is -0.497 e. The molecule has 0 atom stereocenters. The highest BCUT2D eigenvalue weighted by Gasteiger charge is 2.28. The Morgan fingerprint density at radius 3 is 2.39 bits per heavy atom. The largest absolute Gasteiger partial charge is 0.497 e. The number of carbonyl (C=O) groups is 2. The van der Waals surface area contributed by atoms with Crippen molar-refractivity contribution in [3.8, 4) is 11.5 Å². The zero-order chi connectivity index (χ0) is 22.8. The molecule has 0 bridgehead atoms. The number of furan rings is 1. The number of ketones is 1. The molecule has 0 saturated heterocycles. The molecule has 0 spiro atoms. The third kappa shape index (κ3) is 4.97. The molecule has 0 unspecified atom stereocenters. The molecule has 1 aromatic heterocycles. The van der Waals surface area contributed by atoms with E-state index in [1.807, 2.05) is 38.1 Å². The molecule has 0 amide bonds. The summed E-state index contributed by atoms with van der Waals surface area (Å²) in [5.74, 6) is 0.420. The van der Waals surface area contributed by atoms with Gasteiger partial charge in [0.25, 0.3) is 0 Å². The van der Waals surface area contributed by atoms with Crippen molar-refractivity contribution < 1.29 is 28.6 Å². The van der Waals surface area contributed by atoms with Crippen LogP contribution in [0.5, 0.6) is 11.5 Å². The van der Waals surface area contributed by atoms with Crippen molar-refractivity contribution in [2.45, 2.75) is 27.7 Å². The van der Waals surface area contributed by atoms with E-state index in [-0.39, 0.29) is 18.2 Å². The van der Waals surface area contributed by atoms with Gasteiger partial charge in [-0.05, 0) is 80.8 Å². The van der Waals surface area contributed by atoms with Gasteiger partial charge in [0.2, 0.25) is 5.78 Å². The smallest absolute Gasteiger partial charge is 0.312 e. The van der Waals surface area contributed by atoms with Gasteiger partial charge >= 0.3 is 5.97 Å². The number of benzene rings is 2. The Kier molecular flexibility index (Phi) is 6.20.